The van der Waals surface area contributed by atoms with Crippen molar-refractivity contribution in [2.75, 3.05) is 13.2 Å². The Morgan fingerprint density at radius 3 is 2.71 bits per heavy atom. The van der Waals surface area contributed by atoms with Crippen LogP contribution in [0.1, 0.15) is 24.9 Å². The molecule has 0 amide bonds. The molecule has 17 heavy (non-hydrogen) atoms. The lowest BCUT2D eigenvalue weighted by atomic mass is 9.98. The first-order chi connectivity index (χ1) is 8.33. The molecule has 0 fully saturated rings. The predicted octanol–water partition coefficient (Wildman–Crippen LogP) is 3.27. The Hall–Kier alpha value is -1.38. The van der Waals surface area contributed by atoms with E-state index in [4.69, 9.17) is 10.5 Å². The van der Waals surface area contributed by atoms with Gasteiger partial charge in [-0.1, -0.05) is 42.5 Å². The van der Waals surface area contributed by atoms with Crippen molar-refractivity contribution in [2.45, 2.75) is 19.4 Å². The van der Waals surface area contributed by atoms with Gasteiger partial charge in [-0.2, -0.15) is 0 Å². The molecule has 0 bridgehead atoms. The van der Waals surface area contributed by atoms with Crippen LogP contribution in [0.15, 0.2) is 42.5 Å². The third-order valence-corrected chi connectivity index (χ3v) is 3.00. The summed E-state index contributed by atoms with van der Waals surface area (Å²) in [6.07, 6.45) is 0.863. The second-order valence-electron chi connectivity index (χ2n) is 4.16. The van der Waals surface area contributed by atoms with E-state index in [2.05, 4.69) is 42.5 Å². The summed E-state index contributed by atoms with van der Waals surface area (Å²) in [5.41, 5.74) is 7.43. The van der Waals surface area contributed by atoms with E-state index in [0.29, 0.717) is 0 Å². The van der Waals surface area contributed by atoms with Gasteiger partial charge in [0.2, 0.25) is 0 Å². The number of ether oxygens (including phenoxy) is 1. The van der Waals surface area contributed by atoms with E-state index in [1.54, 1.807) is 0 Å². The third kappa shape index (κ3) is 2.84. The molecule has 0 saturated carbocycles. The van der Waals surface area contributed by atoms with Crippen LogP contribution >= 0.6 is 0 Å². The molecule has 2 nitrogen and oxygen atoms in total. The zero-order chi connectivity index (χ0) is 12.1. The van der Waals surface area contributed by atoms with Crippen molar-refractivity contribution in [1.82, 2.24) is 0 Å². The number of rotatable bonds is 5. The fourth-order valence-electron chi connectivity index (χ4n) is 2.08. The molecule has 0 saturated heterocycles. The Morgan fingerprint density at radius 2 is 1.88 bits per heavy atom. The number of nitrogens with two attached hydrogens (primary N) is 1. The van der Waals surface area contributed by atoms with E-state index in [1.807, 2.05) is 6.92 Å². The van der Waals surface area contributed by atoms with Gasteiger partial charge in [0.25, 0.3) is 0 Å². The topological polar surface area (TPSA) is 35.2 Å². The van der Waals surface area contributed by atoms with Gasteiger partial charge in [-0.25, -0.2) is 0 Å². The summed E-state index contributed by atoms with van der Waals surface area (Å²) in [5.74, 6) is 0. The van der Waals surface area contributed by atoms with Crippen LogP contribution in [0, 0.1) is 0 Å². The molecular formula is C15H19NO. The van der Waals surface area contributed by atoms with E-state index in [0.717, 1.165) is 19.6 Å². The molecule has 0 aliphatic heterocycles. The molecule has 0 aliphatic carbocycles. The highest BCUT2D eigenvalue weighted by Gasteiger charge is 2.08. The van der Waals surface area contributed by atoms with Gasteiger partial charge >= 0.3 is 0 Å². The maximum Gasteiger partial charge on any atom is 0.0483 e. The normalized spacial score (nSPS) is 12.8. The van der Waals surface area contributed by atoms with Crippen LogP contribution in [-0.4, -0.2) is 13.2 Å². The minimum absolute atomic E-state index is 0.0487. The number of fused-ring (bicyclic) bond motifs is 1. The molecule has 0 radical (unpaired) electrons. The van der Waals surface area contributed by atoms with Crippen molar-refractivity contribution in [3.63, 3.8) is 0 Å². The largest absolute Gasteiger partial charge is 0.382 e. The van der Waals surface area contributed by atoms with Crippen LogP contribution in [0.2, 0.25) is 0 Å². The summed E-state index contributed by atoms with van der Waals surface area (Å²) in [7, 11) is 0. The Kier molecular flexibility index (Phi) is 4.13. The molecule has 0 spiro atoms. The first kappa shape index (κ1) is 12.1. The van der Waals surface area contributed by atoms with Crippen LogP contribution in [0.4, 0.5) is 0 Å². The standard InChI is InChI=1S/C15H19NO/c1-2-17-11-10-15(16)14-9-5-7-12-6-3-4-8-13(12)14/h3-9,15H,2,10-11,16H2,1H3. The van der Waals surface area contributed by atoms with Crippen molar-refractivity contribution in [1.29, 1.82) is 0 Å². The van der Waals surface area contributed by atoms with Gasteiger partial charge < -0.3 is 10.5 Å². The molecule has 2 heteroatoms. The van der Waals surface area contributed by atoms with Crippen molar-refractivity contribution < 1.29 is 4.74 Å². The summed E-state index contributed by atoms with van der Waals surface area (Å²) in [6, 6.07) is 14.7. The molecule has 2 aromatic rings. The van der Waals surface area contributed by atoms with Crippen molar-refractivity contribution in [3.8, 4) is 0 Å². The minimum Gasteiger partial charge on any atom is -0.382 e. The second kappa shape index (κ2) is 5.80. The fourth-order valence-corrected chi connectivity index (χ4v) is 2.08. The Labute approximate surface area is 102 Å². The second-order valence-corrected chi connectivity index (χ2v) is 4.16. The summed E-state index contributed by atoms with van der Waals surface area (Å²) in [5, 5.41) is 2.50. The summed E-state index contributed by atoms with van der Waals surface area (Å²) in [4.78, 5) is 0. The van der Waals surface area contributed by atoms with Crippen LogP contribution in [0.3, 0.4) is 0 Å². The molecule has 0 heterocycles. The van der Waals surface area contributed by atoms with Crippen molar-refractivity contribution in [3.05, 3.63) is 48.0 Å². The Bertz CT molecular complexity index is 476. The molecule has 0 aliphatic rings. The van der Waals surface area contributed by atoms with Crippen LogP contribution in [0.5, 0.6) is 0 Å². The highest BCUT2D eigenvalue weighted by Crippen LogP contribution is 2.24. The van der Waals surface area contributed by atoms with Gasteiger partial charge in [-0.3, -0.25) is 0 Å². The van der Waals surface area contributed by atoms with Crippen LogP contribution in [-0.2, 0) is 4.74 Å². The molecule has 1 unspecified atom stereocenters. The lowest BCUT2D eigenvalue weighted by Crippen LogP contribution is -2.13. The highest BCUT2D eigenvalue weighted by molar-refractivity contribution is 5.86. The lowest BCUT2D eigenvalue weighted by Gasteiger charge is -2.14. The molecule has 2 aromatic carbocycles. The Balaban J connectivity index is 2.22. The van der Waals surface area contributed by atoms with E-state index >= 15 is 0 Å². The lowest BCUT2D eigenvalue weighted by molar-refractivity contribution is 0.140. The number of hydrogen-bond acceptors (Lipinski definition) is 2. The van der Waals surface area contributed by atoms with Gasteiger partial charge in [0, 0.05) is 19.3 Å². The van der Waals surface area contributed by atoms with Crippen LogP contribution < -0.4 is 5.73 Å². The highest BCUT2D eigenvalue weighted by atomic mass is 16.5. The number of hydrogen-bond donors (Lipinski definition) is 1. The van der Waals surface area contributed by atoms with Crippen LogP contribution in [0.25, 0.3) is 10.8 Å². The Morgan fingerprint density at radius 1 is 1.12 bits per heavy atom. The maximum atomic E-state index is 6.22. The molecule has 90 valence electrons. The van der Waals surface area contributed by atoms with E-state index in [-0.39, 0.29) is 6.04 Å². The van der Waals surface area contributed by atoms with Gasteiger partial charge in [0.05, 0.1) is 0 Å². The zero-order valence-electron chi connectivity index (χ0n) is 10.2. The monoisotopic (exact) mass is 229 g/mol. The maximum absolute atomic E-state index is 6.22. The minimum atomic E-state index is 0.0487. The van der Waals surface area contributed by atoms with Crippen molar-refractivity contribution in [2.24, 2.45) is 5.73 Å². The molecule has 1 atom stereocenters. The predicted molar refractivity (Wildman–Crippen MR) is 72.0 cm³/mol. The molecule has 2 N–H and O–H groups in total. The van der Waals surface area contributed by atoms with E-state index in [9.17, 15) is 0 Å². The first-order valence-electron chi connectivity index (χ1n) is 6.14. The smallest absolute Gasteiger partial charge is 0.0483 e. The summed E-state index contributed by atoms with van der Waals surface area (Å²) >= 11 is 0. The van der Waals surface area contributed by atoms with E-state index in [1.165, 1.54) is 16.3 Å². The average Bonchev–Trinajstić information content (AvgIpc) is 2.38. The third-order valence-electron chi connectivity index (χ3n) is 3.00. The average molecular weight is 229 g/mol. The van der Waals surface area contributed by atoms with Gasteiger partial charge in [0.1, 0.15) is 0 Å². The van der Waals surface area contributed by atoms with Gasteiger partial charge in [-0.05, 0) is 29.7 Å². The number of benzene rings is 2. The summed E-state index contributed by atoms with van der Waals surface area (Å²) in [6.45, 7) is 3.48. The molecule has 0 aromatic heterocycles. The molecule has 2 rings (SSSR count). The first-order valence-corrected chi connectivity index (χ1v) is 6.14. The quantitative estimate of drug-likeness (QED) is 0.799. The zero-order valence-corrected chi connectivity index (χ0v) is 10.2. The fraction of sp³-hybridized carbons (Fsp3) is 0.333. The SMILES string of the molecule is CCOCCC(N)c1cccc2ccccc12. The molecular weight excluding hydrogens is 210 g/mol. The summed E-state index contributed by atoms with van der Waals surface area (Å²) < 4.78 is 5.36. The van der Waals surface area contributed by atoms with Gasteiger partial charge in [0.15, 0.2) is 0 Å². The van der Waals surface area contributed by atoms with Crippen molar-refractivity contribution >= 4 is 10.8 Å². The van der Waals surface area contributed by atoms with E-state index < -0.39 is 0 Å². The van der Waals surface area contributed by atoms with Gasteiger partial charge in [-0.15, -0.1) is 0 Å².